The first-order valence-electron chi connectivity index (χ1n) is 6.65. The second kappa shape index (κ2) is 6.85. The normalized spacial score (nSPS) is 14.3. The fourth-order valence-corrected chi connectivity index (χ4v) is 3.28. The quantitative estimate of drug-likeness (QED) is 0.847. The summed E-state index contributed by atoms with van der Waals surface area (Å²) in [7, 11) is 0. The Bertz CT molecular complexity index is 494. The molecule has 1 unspecified atom stereocenters. The first-order chi connectivity index (χ1) is 9.20. The van der Waals surface area contributed by atoms with E-state index in [1.54, 1.807) is 11.3 Å². The van der Waals surface area contributed by atoms with Crippen molar-refractivity contribution in [2.24, 2.45) is 0 Å². The Balaban J connectivity index is 1.98. The Morgan fingerprint density at radius 3 is 2.53 bits per heavy atom. The van der Waals surface area contributed by atoms with Gasteiger partial charge >= 0.3 is 0 Å². The highest BCUT2D eigenvalue weighted by molar-refractivity contribution is 7.10. The van der Waals surface area contributed by atoms with E-state index in [0.29, 0.717) is 0 Å². The third kappa shape index (κ3) is 3.90. The van der Waals surface area contributed by atoms with Crippen LogP contribution in [0, 0.1) is 6.92 Å². The zero-order chi connectivity index (χ0) is 13.7. The highest BCUT2D eigenvalue weighted by atomic mass is 32.1. The van der Waals surface area contributed by atoms with Crippen molar-refractivity contribution < 1.29 is 5.11 Å². The molecule has 0 amide bonds. The molecular weight excluding hydrogens is 254 g/mol. The molecule has 3 heteroatoms. The van der Waals surface area contributed by atoms with Gasteiger partial charge in [0.25, 0.3) is 0 Å². The van der Waals surface area contributed by atoms with Gasteiger partial charge in [0.1, 0.15) is 0 Å². The summed E-state index contributed by atoms with van der Waals surface area (Å²) in [5, 5.41) is 15.2. The van der Waals surface area contributed by atoms with Gasteiger partial charge in [-0.2, -0.15) is 0 Å². The first kappa shape index (κ1) is 14.3. The predicted octanol–water partition coefficient (Wildman–Crippen LogP) is 3.31. The Labute approximate surface area is 119 Å². The summed E-state index contributed by atoms with van der Waals surface area (Å²) in [5.74, 6) is 0. The molecule has 2 N–H and O–H groups in total. The molecule has 102 valence electrons. The van der Waals surface area contributed by atoms with Crippen LogP contribution in [0.2, 0.25) is 0 Å². The number of hydrogen-bond acceptors (Lipinski definition) is 3. The van der Waals surface area contributed by atoms with Crippen molar-refractivity contribution in [1.82, 2.24) is 5.32 Å². The van der Waals surface area contributed by atoms with E-state index in [1.165, 1.54) is 16.0 Å². The van der Waals surface area contributed by atoms with Crippen LogP contribution >= 0.6 is 11.3 Å². The van der Waals surface area contributed by atoms with Crippen LogP contribution in [-0.4, -0.2) is 17.8 Å². The van der Waals surface area contributed by atoms with Crippen LogP contribution in [0.5, 0.6) is 0 Å². The van der Waals surface area contributed by atoms with E-state index in [1.807, 2.05) is 18.2 Å². The smallest absolute Gasteiger partial charge is 0.0588 e. The molecule has 2 rings (SSSR count). The van der Waals surface area contributed by atoms with Crippen LogP contribution in [0.25, 0.3) is 0 Å². The van der Waals surface area contributed by atoms with E-state index < -0.39 is 0 Å². The molecule has 2 atom stereocenters. The minimum absolute atomic E-state index is 0.0962. The van der Waals surface area contributed by atoms with E-state index in [9.17, 15) is 5.11 Å². The van der Waals surface area contributed by atoms with Crippen molar-refractivity contribution in [3.63, 3.8) is 0 Å². The van der Waals surface area contributed by atoms with Crippen LogP contribution in [0.1, 0.15) is 29.0 Å². The van der Waals surface area contributed by atoms with E-state index in [4.69, 9.17) is 0 Å². The van der Waals surface area contributed by atoms with E-state index in [-0.39, 0.29) is 18.7 Å². The Hall–Kier alpha value is -1.16. The molecule has 1 aromatic carbocycles. The molecule has 0 fully saturated rings. The zero-order valence-electron chi connectivity index (χ0n) is 11.5. The lowest BCUT2D eigenvalue weighted by atomic mass is 10.1. The average molecular weight is 275 g/mol. The van der Waals surface area contributed by atoms with Crippen molar-refractivity contribution >= 4 is 11.3 Å². The number of rotatable bonds is 6. The van der Waals surface area contributed by atoms with Crippen LogP contribution in [0.3, 0.4) is 0 Å². The number of aryl methyl sites for hydroxylation is 1. The predicted molar refractivity (Wildman–Crippen MR) is 81.6 cm³/mol. The van der Waals surface area contributed by atoms with Gasteiger partial charge < -0.3 is 10.4 Å². The zero-order valence-corrected chi connectivity index (χ0v) is 12.3. The molecule has 0 spiro atoms. The Morgan fingerprint density at radius 2 is 1.95 bits per heavy atom. The molecule has 0 saturated carbocycles. The minimum atomic E-state index is 0.0962. The van der Waals surface area contributed by atoms with Crippen molar-refractivity contribution in [2.45, 2.75) is 32.4 Å². The van der Waals surface area contributed by atoms with Gasteiger partial charge in [-0.05, 0) is 42.8 Å². The van der Waals surface area contributed by atoms with Crippen LogP contribution in [0.4, 0.5) is 0 Å². The van der Waals surface area contributed by atoms with Crippen molar-refractivity contribution in [2.75, 3.05) is 6.61 Å². The molecule has 19 heavy (non-hydrogen) atoms. The average Bonchev–Trinajstić information content (AvgIpc) is 2.85. The van der Waals surface area contributed by atoms with Gasteiger partial charge in [0.2, 0.25) is 0 Å². The summed E-state index contributed by atoms with van der Waals surface area (Å²) >= 11 is 1.77. The topological polar surface area (TPSA) is 32.3 Å². The van der Waals surface area contributed by atoms with Crippen molar-refractivity contribution in [3.05, 3.63) is 57.8 Å². The summed E-state index contributed by atoms with van der Waals surface area (Å²) in [5.41, 5.74) is 2.57. The Kier molecular flexibility index (Phi) is 5.14. The third-order valence-electron chi connectivity index (χ3n) is 3.33. The molecule has 1 aromatic heterocycles. The second-order valence-corrected chi connectivity index (χ2v) is 5.87. The van der Waals surface area contributed by atoms with E-state index >= 15 is 0 Å². The maximum absolute atomic E-state index is 9.54. The van der Waals surface area contributed by atoms with Gasteiger partial charge in [0.15, 0.2) is 0 Å². The van der Waals surface area contributed by atoms with Gasteiger partial charge in [-0.15, -0.1) is 11.3 Å². The monoisotopic (exact) mass is 275 g/mol. The third-order valence-corrected chi connectivity index (χ3v) is 4.53. The highest BCUT2D eigenvalue weighted by Gasteiger charge is 2.15. The first-order valence-corrected chi connectivity index (χ1v) is 7.53. The molecule has 0 bridgehead atoms. The fourth-order valence-electron chi connectivity index (χ4n) is 2.33. The standard InChI is InChI=1S/C16H21NOS/c1-12-8-9-19-16(12)13(2)17-15(11-18)10-14-6-4-3-5-7-14/h3-9,13,15,17-18H,10-11H2,1-2H3/t13?,15-/m0/s1. The minimum Gasteiger partial charge on any atom is -0.395 e. The van der Waals surface area contributed by atoms with Crippen LogP contribution in [-0.2, 0) is 6.42 Å². The molecule has 0 aliphatic rings. The maximum atomic E-state index is 9.54. The summed E-state index contributed by atoms with van der Waals surface area (Å²) in [6, 6.07) is 12.8. The summed E-state index contributed by atoms with van der Waals surface area (Å²) in [6.07, 6.45) is 0.853. The maximum Gasteiger partial charge on any atom is 0.0588 e. The van der Waals surface area contributed by atoms with Crippen LogP contribution in [0.15, 0.2) is 41.8 Å². The van der Waals surface area contributed by atoms with Crippen LogP contribution < -0.4 is 5.32 Å². The van der Waals surface area contributed by atoms with Gasteiger partial charge in [-0.1, -0.05) is 30.3 Å². The summed E-state index contributed by atoms with van der Waals surface area (Å²) in [4.78, 5) is 1.35. The van der Waals surface area contributed by atoms with Gasteiger partial charge in [-0.3, -0.25) is 0 Å². The molecule has 0 radical (unpaired) electrons. The lowest BCUT2D eigenvalue weighted by Crippen LogP contribution is -2.36. The summed E-state index contributed by atoms with van der Waals surface area (Å²) in [6.45, 7) is 4.45. The van der Waals surface area contributed by atoms with Gasteiger partial charge in [0, 0.05) is 17.0 Å². The molecule has 2 nitrogen and oxygen atoms in total. The lowest BCUT2D eigenvalue weighted by molar-refractivity contribution is 0.233. The molecule has 0 aliphatic heterocycles. The number of thiophene rings is 1. The van der Waals surface area contributed by atoms with E-state index in [0.717, 1.165) is 6.42 Å². The fraction of sp³-hybridized carbons (Fsp3) is 0.375. The van der Waals surface area contributed by atoms with Crippen molar-refractivity contribution in [1.29, 1.82) is 0 Å². The number of aliphatic hydroxyl groups is 1. The highest BCUT2D eigenvalue weighted by Crippen LogP contribution is 2.24. The number of nitrogens with one attached hydrogen (secondary N) is 1. The lowest BCUT2D eigenvalue weighted by Gasteiger charge is -2.21. The molecule has 2 aromatic rings. The van der Waals surface area contributed by atoms with Gasteiger partial charge in [0.05, 0.1) is 6.61 Å². The molecular formula is C16H21NOS. The molecule has 0 aliphatic carbocycles. The SMILES string of the molecule is Cc1ccsc1C(C)N[C@H](CO)Cc1ccccc1. The Morgan fingerprint density at radius 1 is 1.21 bits per heavy atom. The number of benzene rings is 1. The largest absolute Gasteiger partial charge is 0.395 e. The second-order valence-electron chi connectivity index (χ2n) is 4.93. The molecule has 0 saturated heterocycles. The summed E-state index contributed by atoms with van der Waals surface area (Å²) < 4.78 is 0. The number of aliphatic hydroxyl groups excluding tert-OH is 1. The van der Waals surface area contributed by atoms with E-state index in [2.05, 4.69) is 42.7 Å². The number of hydrogen-bond donors (Lipinski definition) is 2. The molecule has 1 heterocycles. The van der Waals surface area contributed by atoms with Gasteiger partial charge in [-0.25, -0.2) is 0 Å². The van der Waals surface area contributed by atoms with Crippen molar-refractivity contribution in [3.8, 4) is 0 Å².